The quantitative estimate of drug-likeness (QED) is 0.885. The van der Waals surface area contributed by atoms with E-state index in [2.05, 4.69) is 10.6 Å². The summed E-state index contributed by atoms with van der Waals surface area (Å²) in [6, 6.07) is 13.2. The number of fused-ring (bicyclic) bond motifs is 1. The molecule has 0 saturated heterocycles. The van der Waals surface area contributed by atoms with E-state index in [1.165, 1.54) is 11.3 Å². The van der Waals surface area contributed by atoms with Crippen molar-refractivity contribution in [2.45, 2.75) is 19.8 Å². The fourth-order valence-corrected chi connectivity index (χ4v) is 2.63. The first-order valence-electron chi connectivity index (χ1n) is 7.67. The van der Waals surface area contributed by atoms with Gasteiger partial charge >= 0.3 is 0 Å². The Morgan fingerprint density at radius 1 is 1.22 bits per heavy atom. The second-order valence-corrected chi connectivity index (χ2v) is 5.31. The largest absolute Gasteiger partial charge is 0.494 e. The van der Waals surface area contributed by atoms with Crippen molar-refractivity contribution in [3.63, 3.8) is 0 Å². The summed E-state index contributed by atoms with van der Waals surface area (Å²) in [5.41, 5.74) is 3.89. The summed E-state index contributed by atoms with van der Waals surface area (Å²) < 4.78 is 5.38. The summed E-state index contributed by atoms with van der Waals surface area (Å²) in [6.07, 6.45) is 2.18. The molecule has 2 aromatic carbocycles. The standard InChI is InChI=1S/C18H20N2O2.ClH/c1-2-22-16-8-5-13(6-9-16)18(21)20-15-7-10-17-14(12-15)4-3-11-19-17;/h5-10,12,19H,2-4,11H2,1H3,(H,20,21);1H. The van der Waals surface area contributed by atoms with Crippen molar-refractivity contribution < 1.29 is 9.53 Å². The third kappa shape index (κ3) is 4.17. The second-order valence-electron chi connectivity index (χ2n) is 5.31. The van der Waals surface area contributed by atoms with Gasteiger partial charge in [-0.1, -0.05) is 0 Å². The van der Waals surface area contributed by atoms with Gasteiger partial charge in [-0.3, -0.25) is 4.79 Å². The molecule has 1 aliphatic rings. The molecule has 5 heteroatoms. The monoisotopic (exact) mass is 332 g/mol. The van der Waals surface area contributed by atoms with E-state index in [9.17, 15) is 4.79 Å². The average Bonchev–Trinajstić information content (AvgIpc) is 2.56. The van der Waals surface area contributed by atoms with E-state index in [0.717, 1.165) is 30.8 Å². The zero-order valence-electron chi connectivity index (χ0n) is 13.1. The van der Waals surface area contributed by atoms with Gasteiger partial charge in [0, 0.05) is 23.5 Å². The van der Waals surface area contributed by atoms with Crippen molar-refractivity contribution in [2.24, 2.45) is 0 Å². The Hall–Kier alpha value is -2.20. The van der Waals surface area contributed by atoms with Crippen molar-refractivity contribution in [2.75, 3.05) is 23.8 Å². The maximum absolute atomic E-state index is 12.3. The maximum atomic E-state index is 12.3. The lowest BCUT2D eigenvalue weighted by Crippen LogP contribution is -2.14. The van der Waals surface area contributed by atoms with Crippen molar-refractivity contribution in [1.82, 2.24) is 0 Å². The topological polar surface area (TPSA) is 50.4 Å². The van der Waals surface area contributed by atoms with E-state index < -0.39 is 0 Å². The number of halogens is 1. The van der Waals surface area contributed by atoms with Crippen LogP contribution in [-0.2, 0) is 6.42 Å². The molecule has 0 spiro atoms. The zero-order valence-corrected chi connectivity index (χ0v) is 13.9. The molecule has 1 heterocycles. The van der Waals surface area contributed by atoms with E-state index >= 15 is 0 Å². The lowest BCUT2D eigenvalue weighted by Gasteiger charge is -2.18. The van der Waals surface area contributed by atoms with Crippen LogP contribution in [0.5, 0.6) is 5.75 Å². The molecular weight excluding hydrogens is 312 g/mol. The van der Waals surface area contributed by atoms with Crippen molar-refractivity contribution in [1.29, 1.82) is 0 Å². The first-order chi connectivity index (χ1) is 10.8. The summed E-state index contributed by atoms with van der Waals surface area (Å²) in [5, 5.41) is 6.32. The van der Waals surface area contributed by atoms with Crippen molar-refractivity contribution >= 4 is 29.7 Å². The minimum atomic E-state index is -0.105. The number of rotatable bonds is 4. The molecule has 23 heavy (non-hydrogen) atoms. The molecule has 0 aliphatic carbocycles. The summed E-state index contributed by atoms with van der Waals surface area (Å²) in [4.78, 5) is 12.3. The zero-order chi connectivity index (χ0) is 15.4. The van der Waals surface area contributed by atoms with Gasteiger partial charge in [-0.05, 0) is 67.8 Å². The molecule has 0 saturated carbocycles. The molecular formula is C18H21ClN2O2. The summed E-state index contributed by atoms with van der Waals surface area (Å²) >= 11 is 0. The molecule has 0 atom stereocenters. The van der Waals surface area contributed by atoms with Crippen LogP contribution < -0.4 is 15.4 Å². The van der Waals surface area contributed by atoms with Crippen LogP contribution in [0.3, 0.4) is 0 Å². The minimum Gasteiger partial charge on any atom is -0.494 e. The smallest absolute Gasteiger partial charge is 0.255 e. The van der Waals surface area contributed by atoms with Gasteiger partial charge in [-0.2, -0.15) is 0 Å². The Balaban J connectivity index is 0.00000192. The number of aryl methyl sites for hydroxylation is 1. The molecule has 2 aromatic rings. The van der Waals surface area contributed by atoms with E-state index in [4.69, 9.17) is 4.74 Å². The van der Waals surface area contributed by atoms with Gasteiger partial charge in [-0.25, -0.2) is 0 Å². The Kier molecular flexibility index (Phi) is 5.88. The number of carbonyl (C=O) groups is 1. The van der Waals surface area contributed by atoms with Crippen molar-refractivity contribution in [3.05, 3.63) is 53.6 Å². The lowest BCUT2D eigenvalue weighted by molar-refractivity contribution is 0.102. The summed E-state index contributed by atoms with van der Waals surface area (Å²) in [6.45, 7) is 3.57. The van der Waals surface area contributed by atoms with Crippen LogP contribution in [0.4, 0.5) is 11.4 Å². The lowest BCUT2D eigenvalue weighted by atomic mass is 10.0. The molecule has 0 fully saturated rings. The number of hydrogen-bond donors (Lipinski definition) is 2. The van der Waals surface area contributed by atoms with Crippen LogP contribution in [0, 0.1) is 0 Å². The number of benzene rings is 2. The third-order valence-corrected chi connectivity index (χ3v) is 3.73. The summed E-state index contributed by atoms with van der Waals surface area (Å²) in [7, 11) is 0. The number of carbonyl (C=O) groups excluding carboxylic acids is 1. The highest BCUT2D eigenvalue weighted by atomic mass is 35.5. The molecule has 122 valence electrons. The minimum absolute atomic E-state index is 0. The van der Waals surface area contributed by atoms with Gasteiger partial charge in [0.25, 0.3) is 5.91 Å². The van der Waals surface area contributed by atoms with E-state index in [1.807, 2.05) is 37.3 Å². The Morgan fingerprint density at radius 3 is 2.74 bits per heavy atom. The van der Waals surface area contributed by atoms with Gasteiger partial charge in [0.15, 0.2) is 0 Å². The first-order valence-corrected chi connectivity index (χ1v) is 7.67. The molecule has 2 N–H and O–H groups in total. The van der Waals surface area contributed by atoms with Gasteiger partial charge in [0.2, 0.25) is 0 Å². The summed E-state index contributed by atoms with van der Waals surface area (Å²) in [5.74, 6) is 0.672. The number of amides is 1. The SMILES string of the molecule is CCOc1ccc(C(=O)Nc2ccc3c(c2)CCCN3)cc1.Cl. The molecule has 3 rings (SSSR count). The highest BCUT2D eigenvalue weighted by Gasteiger charge is 2.11. The van der Waals surface area contributed by atoms with Gasteiger partial charge < -0.3 is 15.4 Å². The molecule has 0 aromatic heterocycles. The molecule has 0 bridgehead atoms. The highest BCUT2D eigenvalue weighted by molar-refractivity contribution is 6.04. The van der Waals surface area contributed by atoms with E-state index in [-0.39, 0.29) is 18.3 Å². The van der Waals surface area contributed by atoms with Gasteiger partial charge in [-0.15, -0.1) is 12.4 Å². The van der Waals surface area contributed by atoms with Crippen LogP contribution in [0.15, 0.2) is 42.5 Å². The van der Waals surface area contributed by atoms with E-state index in [0.29, 0.717) is 12.2 Å². The second kappa shape index (κ2) is 7.88. The highest BCUT2D eigenvalue weighted by Crippen LogP contribution is 2.25. The number of hydrogen-bond acceptors (Lipinski definition) is 3. The van der Waals surface area contributed by atoms with Gasteiger partial charge in [0.05, 0.1) is 6.61 Å². The van der Waals surface area contributed by atoms with Crippen LogP contribution in [0.1, 0.15) is 29.3 Å². The third-order valence-electron chi connectivity index (χ3n) is 3.73. The molecule has 1 aliphatic heterocycles. The molecule has 1 amide bonds. The number of anilines is 2. The predicted octanol–water partition coefficient (Wildman–Crippen LogP) is 4.12. The molecule has 0 radical (unpaired) electrons. The average molecular weight is 333 g/mol. The Bertz CT molecular complexity index is 671. The maximum Gasteiger partial charge on any atom is 0.255 e. The van der Waals surface area contributed by atoms with Crippen LogP contribution in [0.25, 0.3) is 0 Å². The predicted molar refractivity (Wildman–Crippen MR) is 96.1 cm³/mol. The fraction of sp³-hybridized carbons (Fsp3) is 0.278. The molecule has 0 unspecified atom stereocenters. The van der Waals surface area contributed by atoms with Crippen molar-refractivity contribution in [3.8, 4) is 5.75 Å². The van der Waals surface area contributed by atoms with Crippen LogP contribution in [-0.4, -0.2) is 19.1 Å². The molecule has 4 nitrogen and oxygen atoms in total. The normalized spacial score (nSPS) is 12.4. The van der Waals surface area contributed by atoms with Crippen LogP contribution in [0.2, 0.25) is 0 Å². The Morgan fingerprint density at radius 2 is 2.00 bits per heavy atom. The number of nitrogens with one attached hydrogen (secondary N) is 2. The first kappa shape index (κ1) is 17.2. The Labute approximate surface area is 142 Å². The van der Waals surface area contributed by atoms with Gasteiger partial charge in [0.1, 0.15) is 5.75 Å². The van der Waals surface area contributed by atoms with Crippen LogP contribution >= 0.6 is 12.4 Å². The number of ether oxygens (including phenoxy) is 1. The van der Waals surface area contributed by atoms with E-state index in [1.54, 1.807) is 12.1 Å². The fourth-order valence-electron chi connectivity index (χ4n) is 2.63.